The number of carbonyl (C=O) groups is 1. The molecule has 1 heterocycles. The summed E-state index contributed by atoms with van der Waals surface area (Å²) in [7, 11) is 1.75. The van der Waals surface area contributed by atoms with Crippen LogP contribution in [0.25, 0.3) is 0 Å². The predicted molar refractivity (Wildman–Crippen MR) is 81.4 cm³/mol. The van der Waals surface area contributed by atoms with E-state index in [0.29, 0.717) is 16.7 Å². The Morgan fingerprint density at radius 2 is 2.27 bits per heavy atom. The minimum atomic E-state index is -0.455. The molecule has 118 valence electrons. The van der Waals surface area contributed by atoms with Gasteiger partial charge < -0.3 is 15.0 Å². The van der Waals surface area contributed by atoms with E-state index in [4.69, 9.17) is 22.1 Å². The lowest BCUT2D eigenvalue weighted by molar-refractivity contribution is -0.115. The smallest absolute Gasteiger partial charge is 0.227 e. The van der Waals surface area contributed by atoms with Gasteiger partial charge in [0.2, 0.25) is 5.91 Å². The molecule has 0 saturated heterocycles. The summed E-state index contributed by atoms with van der Waals surface area (Å²) < 4.78 is 20.4. The zero-order valence-electron chi connectivity index (χ0n) is 11.9. The van der Waals surface area contributed by atoms with Crippen molar-refractivity contribution in [1.82, 2.24) is 14.8 Å². The number of amides is 1. The summed E-state index contributed by atoms with van der Waals surface area (Å²) in [5.41, 5.74) is 5.10. The monoisotopic (exact) mass is 344 g/mol. The molecule has 0 radical (unpaired) electrons. The van der Waals surface area contributed by atoms with Gasteiger partial charge in [0.05, 0.1) is 10.8 Å². The molecule has 1 atom stereocenters. The minimum absolute atomic E-state index is 0.116. The van der Waals surface area contributed by atoms with Crippen LogP contribution < -0.4 is 10.5 Å². The summed E-state index contributed by atoms with van der Waals surface area (Å²) in [5.74, 6) is 0.147. The van der Waals surface area contributed by atoms with E-state index >= 15 is 0 Å². The highest BCUT2D eigenvalue weighted by atomic mass is 35.5. The molecule has 1 aromatic carbocycles. The van der Waals surface area contributed by atoms with E-state index in [2.05, 4.69) is 10.2 Å². The lowest BCUT2D eigenvalue weighted by Crippen LogP contribution is -2.14. The fourth-order valence-electron chi connectivity index (χ4n) is 1.76. The van der Waals surface area contributed by atoms with Crippen LogP contribution >= 0.6 is 23.4 Å². The van der Waals surface area contributed by atoms with E-state index in [1.165, 1.54) is 30.0 Å². The standard InChI is InChI=1S/C13H14ClFN4O2S/c1-7(21-10-4-3-8(15)5-9(10)14)12-17-18-13(19(12)2)22-6-11(16)20/h3-5,7H,6H2,1-2H3,(H2,16,20). The number of primary amides is 1. The molecular weight excluding hydrogens is 331 g/mol. The Kier molecular flexibility index (Phi) is 5.25. The van der Waals surface area contributed by atoms with Gasteiger partial charge in [0.25, 0.3) is 0 Å². The molecule has 9 heteroatoms. The number of ether oxygens (including phenoxy) is 1. The Bertz CT molecular complexity index is 695. The molecule has 22 heavy (non-hydrogen) atoms. The second kappa shape index (κ2) is 6.97. The molecule has 0 fully saturated rings. The third kappa shape index (κ3) is 3.89. The first-order valence-electron chi connectivity index (χ1n) is 6.30. The molecule has 0 bridgehead atoms. The summed E-state index contributed by atoms with van der Waals surface area (Å²) in [4.78, 5) is 10.8. The van der Waals surface area contributed by atoms with Crippen molar-refractivity contribution in [2.24, 2.45) is 12.8 Å². The maximum Gasteiger partial charge on any atom is 0.227 e. The second-order valence-corrected chi connectivity index (χ2v) is 5.84. The molecular formula is C13H14ClFN4O2S. The van der Waals surface area contributed by atoms with Crippen LogP contribution in [0.15, 0.2) is 23.4 Å². The number of thioether (sulfide) groups is 1. The summed E-state index contributed by atoms with van der Waals surface area (Å²) in [5, 5.41) is 8.75. The van der Waals surface area contributed by atoms with Gasteiger partial charge in [-0.05, 0) is 25.1 Å². The molecule has 0 aliphatic rings. The third-order valence-corrected chi connectivity index (χ3v) is 4.11. The average Bonchev–Trinajstić information content (AvgIpc) is 2.81. The molecule has 2 N–H and O–H groups in total. The first-order valence-corrected chi connectivity index (χ1v) is 7.67. The predicted octanol–water partition coefficient (Wildman–Crippen LogP) is 2.32. The molecule has 1 aromatic heterocycles. The fourth-order valence-corrected chi connectivity index (χ4v) is 2.62. The Balaban J connectivity index is 2.12. The molecule has 0 spiro atoms. The van der Waals surface area contributed by atoms with Gasteiger partial charge in [0, 0.05) is 7.05 Å². The molecule has 1 unspecified atom stereocenters. The normalized spacial score (nSPS) is 12.2. The number of benzene rings is 1. The van der Waals surface area contributed by atoms with Crippen LogP contribution in [0.1, 0.15) is 18.9 Å². The van der Waals surface area contributed by atoms with Crippen LogP contribution in [0.5, 0.6) is 5.75 Å². The van der Waals surface area contributed by atoms with Gasteiger partial charge in [0.1, 0.15) is 11.6 Å². The molecule has 1 amide bonds. The van der Waals surface area contributed by atoms with E-state index in [1.54, 1.807) is 18.5 Å². The van der Waals surface area contributed by atoms with Crippen molar-refractivity contribution >= 4 is 29.3 Å². The van der Waals surface area contributed by atoms with Crippen molar-refractivity contribution in [3.05, 3.63) is 34.9 Å². The molecule has 2 aromatic rings. The quantitative estimate of drug-likeness (QED) is 0.813. The lowest BCUT2D eigenvalue weighted by Gasteiger charge is -2.15. The highest BCUT2D eigenvalue weighted by molar-refractivity contribution is 7.99. The number of hydrogen-bond donors (Lipinski definition) is 1. The van der Waals surface area contributed by atoms with Crippen LogP contribution in [0.3, 0.4) is 0 Å². The van der Waals surface area contributed by atoms with E-state index < -0.39 is 17.8 Å². The summed E-state index contributed by atoms with van der Waals surface area (Å²) in [6, 6.07) is 3.89. The van der Waals surface area contributed by atoms with Crippen molar-refractivity contribution in [2.75, 3.05) is 5.75 Å². The van der Waals surface area contributed by atoms with Crippen molar-refractivity contribution in [1.29, 1.82) is 0 Å². The van der Waals surface area contributed by atoms with Crippen LogP contribution in [-0.4, -0.2) is 26.4 Å². The van der Waals surface area contributed by atoms with Crippen molar-refractivity contribution in [3.8, 4) is 5.75 Å². The molecule has 0 saturated carbocycles. The molecule has 6 nitrogen and oxygen atoms in total. The van der Waals surface area contributed by atoms with Gasteiger partial charge in [-0.1, -0.05) is 23.4 Å². The minimum Gasteiger partial charge on any atom is -0.481 e. The van der Waals surface area contributed by atoms with E-state index in [9.17, 15) is 9.18 Å². The van der Waals surface area contributed by atoms with Gasteiger partial charge in [-0.15, -0.1) is 10.2 Å². The SMILES string of the molecule is CC(Oc1ccc(F)cc1Cl)c1nnc(SCC(N)=O)n1C. The first kappa shape index (κ1) is 16.6. The highest BCUT2D eigenvalue weighted by Gasteiger charge is 2.18. The zero-order valence-corrected chi connectivity index (χ0v) is 13.5. The Morgan fingerprint density at radius 3 is 2.91 bits per heavy atom. The second-order valence-electron chi connectivity index (χ2n) is 4.49. The zero-order chi connectivity index (χ0) is 16.3. The van der Waals surface area contributed by atoms with E-state index in [1.807, 2.05) is 0 Å². The number of nitrogens with two attached hydrogens (primary N) is 1. The lowest BCUT2D eigenvalue weighted by atomic mass is 10.3. The van der Waals surface area contributed by atoms with Gasteiger partial charge in [-0.25, -0.2) is 4.39 Å². The summed E-state index contributed by atoms with van der Waals surface area (Å²) in [6.45, 7) is 1.77. The fraction of sp³-hybridized carbons (Fsp3) is 0.308. The maximum absolute atomic E-state index is 13.0. The molecule has 2 rings (SSSR count). The largest absolute Gasteiger partial charge is 0.481 e. The summed E-state index contributed by atoms with van der Waals surface area (Å²) >= 11 is 7.12. The number of nitrogens with zero attached hydrogens (tertiary/aromatic N) is 3. The van der Waals surface area contributed by atoms with Crippen molar-refractivity contribution < 1.29 is 13.9 Å². The first-order chi connectivity index (χ1) is 10.4. The Morgan fingerprint density at radius 1 is 1.55 bits per heavy atom. The number of rotatable bonds is 6. The summed E-state index contributed by atoms with van der Waals surface area (Å²) in [6.07, 6.45) is -0.455. The third-order valence-electron chi connectivity index (χ3n) is 2.77. The van der Waals surface area contributed by atoms with Crippen LogP contribution in [0.2, 0.25) is 5.02 Å². The Labute approximate surface area is 135 Å². The van der Waals surface area contributed by atoms with E-state index in [-0.39, 0.29) is 10.8 Å². The van der Waals surface area contributed by atoms with Crippen molar-refractivity contribution in [2.45, 2.75) is 18.2 Å². The number of aromatic nitrogens is 3. The van der Waals surface area contributed by atoms with Crippen LogP contribution in [0, 0.1) is 5.82 Å². The number of carbonyl (C=O) groups excluding carboxylic acids is 1. The number of hydrogen-bond acceptors (Lipinski definition) is 5. The van der Waals surface area contributed by atoms with Crippen molar-refractivity contribution in [3.63, 3.8) is 0 Å². The Hall–Kier alpha value is -1.80. The molecule has 0 aliphatic carbocycles. The topological polar surface area (TPSA) is 83.0 Å². The van der Waals surface area contributed by atoms with E-state index in [0.717, 1.165) is 0 Å². The molecule has 0 aliphatic heterocycles. The number of halogens is 2. The van der Waals surface area contributed by atoms with Gasteiger partial charge >= 0.3 is 0 Å². The van der Waals surface area contributed by atoms with Gasteiger partial charge in [0.15, 0.2) is 17.1 Å². The highest BCUT2D eigenvalue weighted by Crippen LogP contribution is 2.29. The van der Waals surface area contributed by atoms with Crippen LogP contribution in [-0.2, 0) is 11.8 Å². The van der Waals surface area contributed by atoms with Gasteiger partial charge in [-0.2, -0.15) is 0 Å². The average molecular weight is 345 g/mol. The maximum atomic E-state index is 13.0. The van der Waals surface area contributed by atoms with Gasteiger partial charge in [-0.3, -0.25) is 4.79 Å². The van der Waals surface area contributed by atoms with Crippen LogP contribution in [0.4, 0.5) is 4.39 Å².